The summed E-state index contributed by atoms with van der Waals surface area (Å²) in [5.74, 6) is -1.18. The zero-order valence-electron chi connectivity index (χ0n) is 12.6. The summed E-state index contributed by atoms with van der Waals surface area (Å²) in [6.07, 6.45) is 3.01. The summed E-state index contributed by atoms with van der Waals surface area (Å²) in [4.78, 5) is 26.0. The SMILES string of the molecule is CC(C)(C)C1C=C(C(=O)O)C(C#N)=C(c2ccc[nH]c2=O)N1. The van der Waals surface area contributed by atoms with Crippen LogP contribution in [0.3, 0.4) is 0 Å². The molecule has 114 valence electrons. The molecule has 1 aromatic heterocycles. The number of dihydropyridines is 1. The molecular weight excluding hydrogens is 282 g/mol. The molecule has 0 radical (unpaired) electrons. The van der Waals surface area contributed by atoms with Crippen LogP contribution >= 0.6 is 0 Å². The average molecular weight is 299 g/mol. The summed E-state index contributed by atoms with van der Waals surface area (Å²) < 4.78 is 0. The molecule has 0 fully saturated rings. The van der Waals surface area contributed by atoms with Gasteiger partial charge in [0.25, 0.3) is 5.56 Å². The molecule has 3 N–H and O–H groups in total. The molecule has 6 nitrogen and oxygen atoms in total. The first kappa shape index (κ1) is 15.6. The second kappa shape index (κ2) is 5.53. The number of pyridine rings is 1. The van der Waals surface area contributed by atoms with Crippen LogP contribution in [0, 0.1) is 16.7 Å². The van der Waals surface area contributed by atoms with E-state index >= 15 is 0 Å². The predicted octanol–water partition coefficient (Wildman–Crippen LogP) is 1.64. The van der Waals surface area contributed by atoms with Gasteiger partial charge in [0.2, 0.25) is 0 Å². The highest BCUT2D eigenvalue weighted by Crippen LogP contribution is 2.31. The number of aromatic amines is 1. The minimum absolute atomic E-state index is 0.0373. The molecule has 22 heavy (non-hydrogen) atoms. The lowest BCUT2D eigenvalue weighted by Gasteiger charge is -2.34. The summed E-state index contributed by atoms with van der Waals surface area (Å²) in [6, 6.07) is 4.77. The van der Waals surface area contributed by atoms with Gasteiger partial charge in [-0.3, -0.25) is 4.79 Å². The number of aromatic nitrogens is 1. The number of carboxylic acid groups (broad SMARTS) is 1. The van der Waals surface area contributed by atoms with E-state index in [1.165, 1.54) is 12.3 Å². The Hall–Kier alpha value is -2.81. The third-order valence-electron chi connectivity index (χ3n) is 3.52. The molecule has 6 heteroatoms. The van der Waals surface area contributed by atoms with E-state index in [2.05, 4.69) is 10.3 Å². The van der Waals surface area contributed by atoms with E-state index in [1.54, 1.807) is 12.1 Å². The normalized spacial score (nSPS) is 18.3. The van der Waals surface area contributed by atoms with E-state index in [4.69, 9.17) is 0 Å². The van der Waals surface area contributed by atoms with E-state index in [-0.39, 0.29) is 39.4 Å². The smallest absolute Gasteiger partial charge is 0.336 e. The largest absolute Gasteiger partial charge is 0.478 e. The van der Waals surface area contributed by atoms with E-state index in [0.717, 1.165) is 0 Å². The minimum atomic E-state index is -1.18. The molecule has 1 atom stereocenters. The third kappa shape index (κ3) is 2.79. The van der Waals surface area contributed by atoms with Crippen LogP contribution in [-0.4, -0.2) is 22.1 Å². The number of nitriles is 1. The summed E-state index contributed by atoms with van der Waals surface area (Å²) in [5.41, 5.74) is -0.278. The van der Waals surface area contributed by atoms with Crippen LogP contribution in [0.2, 0.25) is 0 Å². The lowest BCUT2D eigenvalue weighted by Crippen LogP contribution is -2.42. The van der Waals surface area contributed by atoms with Gasteiger partial charge in [-0.05, 0) is 23.6 Å². The molecule has 0 spiro atoms. The number of hydrogen-bond acceptors (Lipinski definition) is 4. The standard InChI is InChI=1S/C16H17N3O3/c1-16(2,3)12-7-10(15(21)22)11(8-17)13(19-12)9-5-4-6-18-14(9)20/h4-7,12,19H,1-3H3,(H,18,20)(H,21,22). The van der Waals surface area contributed by atoms with E-state index in [0.29, 0.717) is 0 Å². The van der Waals surface area contributed by atoms with Gasteiger partial charge in [-0.25, -0.2) is 4.79 Å². The van der Waals surface area contributed by atoms with Crippen LogP contribution in [0.4, 0.5) is 0 Å². The Kier molecular flexibility index (Phi) is 3.91. The Balaban J connectivity index is 2.70. The van der Waals surface area contributed by atoms with Crippen molar-refractivity contribution < 1.29 is 9.90 Å². The fourth-order valence-electron chi connectivity index (χ4n) is 2.25. The number of nitrogens with one attached hydrogen (secondary N) is 2. The quantitative estimate of drug-likeness (QED) is 0.769. The highest BCUT2D eigenvalue weighted by molar-refractivity contribution is 5.98. The van der Waals surface area contributed by atoms with Crippen molar-refractivity contribution in [2.24, 2.45) is 5.41 Å². The summed E-state index contributed by atoms with van der Waals surface area (Å²) in [6.45, 7) is 5.85. The van der Waals surface area contributed by atoms with Gasteiger partial charge in [0.05, 0.1) is 28.4 Å². The lowest BCUT2D eigenvalue weighted by atomic mass is 9.81. The van der Waals surface area contributed by atoms with E-state index in [9.17, 15) is 20.0 Å². The Morgan fingerprint density at radius 1 is 1.41 bits per heavy atom. The molecule has 2 heterocycles. The van der Waals surface area contributed by atoms with Gasteiger partial charge in [0.1, 0.15) is 6.07 Å². The summed E-state index contributed by atoms with van der Waals surface area (Å²) in [5, 5.41) is 21.9. The average Bonchev–Trinajstić information content (AvgIpc) is 2.45. The van der Waals surface area contributed by atoms with Gasteiger partial charge in [0.15, 0.2) is 0 Å². The van der Waals surface area contributed by atoms with Crippen molar-refractivity contribution in [2.75, 3.05) is 0 Å². The first-order valence-corrected chi connectivity index (χ1v) is 6.80. The maximum Gasteiger partial charge on any atom is 0.336 e. The first-order valence-electron chi connectivity index (χ1n) is 6.80. The third-order valence-corrected chi connectivity index (χ3v) is 3.52. The number of H-pyrrole nitrogens is 1. The van der Waals surface area contributed by atoms with Crippen LogP contribution in [0.1, 0.15) is 26.3 Å². The van der Waals surface area contributed by atoms with Gasteiger partial charge in [-0.1, -0.05) is 20.8 Å². The Bertz CT molecular complexity index is 773. The fraction of sp³-hybridized carbons (Fsp3) is 0.312. The van der Waals surface area contributed by atoms with Gasteiger partial charge in [-0.2, -0.15) is 5.26 Å². The number of rotatable bonds is 2. The van der Waals surface area contributed by atoms with Crippen molar-refractivity contribution in [1.82, 2.24) is 10.3 Å². The minimum Gasteiger partial charge on any atom is -0.478 e. The predicted molar refractivity (Wildman–Crippen MR) is 81.7 cm³/mol. The molecule has 1 aliphatic heterocycles. The van der Waals surface area contributed by atoms with Crippen LogP contribution < -0.4 is 10.9 Å². The van der Waals surface area contributed by atoms with Gasteiger partial charge in [0, 0.05) is 6.20 Å². The van der Waals surface area contributed by atoms with Crippen molar-refractivity contribution in [3.8, 4) is 6.07 Å². The fourth-order valence-corrected chi connectivity index (χ4v) is 2.25. The Morgan fingerprint density at radius 2 is 2.09 bits per heavy atom. The number of carboxylic acids is 1. The van der Waals surface area contributed by atoms with Gasteiger partial charge in [-0.15, -0.1) is 0 Å². The summed E-state index contributed by atoms with van der Waals surface area (Å²) in [7, 11) is 0. The molecule has 0 bridgehead atoms. The topological polar surface area (TPSA) is 106 Å². The second-order valence-electron chi connectivity index (χ2n) is 6.15. The molecule has 1 unspecified atom stereocenters. The van der Waals surface area contributed by atoms with Crippen molar-refractivity contribution in [2.45, 2.75) is 26.8 Å². The second-order valence-corrected chi connectivity index (χ2v) is 6.15. The zero-order chi connectivity index (χ0) is 16.5. The Morgan fingerprint density at radius 3 is 2.59 bits per heavy atom. The van der Waals surface area contributed by atoms with Crippen LogP contribution in [0.15, 0.2) is 40.3 Å². The van der Waals surface area contributed by atoms with Crippen molar-refractivity contribution in [3.05, 3.63) is 51.5 Å². The van der Waals surface area contributed by atoms with Crippen LogP contribution in [0.5, 0.6) is 0 Å². The number of nitrogens with zero attached hydrogens (tertiary/aromatic N) is 1. The maximum atomic E-state index is 12.0. The number of carbonyl (C=O) groups is 1. The molecule has 0 aromatic carbocycles. The zero-order valence-corrected chi connectivity index (χ0v) is 12.6. The molecule has 1 aliphatic rings. The molecule has 0 saturated heterocycles. The highest BCUT2D eigenvalue weighted by Gasteiger charge is 2.33. The number of aliphatic carboxylic acids is 1. The molecular formula is C16H17N3O3. The van der Waals surface area contributed by atoms with Gasteiger partial charge >= 0.3 is 5.97 Å². The van der Waals surface area contributed by atoms with Gasteiger partial charge < -0.3 is 15.4 Å². The lowest BCUT2D eigenvalue weighted by molar-refractivity contribution is -0.132. The van der Waals surface area contributed by atoms with E-state index in [1.807, 2.05) is 26.8 Å². The van der Waals surface area contributed by atoms with Crippen LogP contribution in [0.25, 0.3) is 5.70 Å². The molecule has 0 aliphatic carbocycles. The van der Waals surface area contributed by atoms with Crippen molar-refractivity contribution >= 4 is 11.7 Å². The molecule has 1 aromatic rings. The highest BCUT2D eigenvalue weighted by atomic mass is 16.4. The molecule has 2 rings (SSSR count). The Labute approximate surface area is 127 Å². The number of hydrogen-bond donors (Lipinski definition) is 3. The first-order chi connectivity index (χ1) is 10.3. The monoisotopic (exact) mass is 299 g/mol. The summed E-state index contributed by atoms with van der Waals surface area (Å²) >= 11 is 0. The van der Waals surface area contributed by atoms with Crippen LogP contribution in [-0.2, 0) is 4.79 Å². The molecule has 0 saturated carbocycles. The molecule has 0 amide bonds. The van der Waals surface area contributed by atoms with Crippen molar-refractivity contribution in [3.63, 3.8) is 0 Å². The van der Waals surface area contributed by atoms with Crippen molar-refractivity contribution in [1.29, 1.82) is 5.26 Å². The van der Waals surface area contributed by atoms with E-state index < -0.39 is 5.97 Å². The maximum absolute atomic E-state index is 12.0.